The third-order valence-electron chi connectivity index (χ3n) is 4.55. The van der Waals surface area contributed by atoms with Crippen molar-refractivity contribution in [1.29, 1.82) is 0 Å². The van der Waals surface area contributed by atoms with Crippen LogP contribution in [0, 0.1) is 6.92 Å². The van der Waals surface area contributed by atoms with Crippen LogP contribution in [0.4, 0.5) is 10.7 Å². The van der Waals surface area contributed by atoms with Crippen LogP contribution in [-0.2, 0) is 4.74 Å². The Hall–Kier alpha value is -2.03. The van der Waals surface area contributed by atoms with Gasteiger partial charge in [-0.1, -0.05) is 18.7 Å². The summed E-state index contributed by atoms with van der Waals surface area (Å²) in [6.07, 6.45) is 4.42. The minimum absolute atomic E-state index is 0.142. The molecule has 27 heavy (non-hydrogen) atoms. The molecule has 0 spiro atoms. The molecule has 9 heteroatoms. The van der Waals surface area contributed by atoms with E-state index in [9.17, 15) is 4.79 Å². The van der Waals surface area contributed by atoms with E-state index in [4.69, 9.17) is 9.72 Å². The summed E-state index contributed by atoms with van der Waals surface area (Å²) >= 11 is 1.52. The monoisotopic (exact) mass is 392 g/mol. The van der Waals surface area contributed by atoms with Gasteiger partial charge in [-0.25, -0.2) is 9.78 Å². The van der Waals surface area contributed by atoms with Crippen LogP contribution in [0.25, 0.3) is 5.65 Å². The molecule has 0 unspecified atom stereocenters. The smallest absolute Gasteiger partial charge is 0.410 e. The number of hydrogen-bond donors (Lipinski definition) is 0. The highest BCUT2D eigenvalue weighted by Crippen LogP contribution is 2.25. The van der Waals surface area contributed by atoms with Crippen LogP contribution in [0.5, 0.6) is 0 Å². The van der Waals surface area contributed by atoms with Crippen LogP contribution >= 0.6 is 11.8 Å². The number of hydrogen-bond acceptors (Lipinski definition) is 7. The van der Waals surface area contributed by atoms with Crippen LogP contribution in [0.15, 0.2) is 11.4 Å². The van der Waals surface area contributed by atoms with Crippen LogP contribution < -0.4 is 4.90 Å². The molecule has 0 aromatic carbocycles. The summed E-state index contributed by atoms with van der Waals surface area (Å²) in [4.78, 5) is 25.8. The molecule has 1 aliphatic rings. The molecule has 0 saturated carbocycles. The number of nitrogens with zero attached hydrogens (tertiary/aromatic N) is 6. The molecule has 0 N–H and O–H groups in total. The number of ether oxygens (including phenoxy) is 1. The lowest BCUT2D eigenvalue weighted by molar-refractivity contribution is 0.0212. The van der Waals surface area contributed by atoms with Crippen molar-refractivity contribution < 1.29 is 9.53 Å². The molecule has 1 fully saturated rings. The molecule has 2 aromatic heterocycles. The van der Waals surface area contributed by atoms with Crippen molar-refractivity contribution in [2.45, 2.75) is 57.8 Å². The van der Waals surface area contributed by atoms with Gasteiger partial charge < -0.3 is 14.5 Å². The van der Waals surface area contributed by atoms with E-state index >= 15 is 0 Å². The number of carbonyl (C=O) groups is 1. The van der Waals surface area contributed by atoms with E-state index in [0.717, 1.165) is 28.7 Å². The first-order chi connectivity index (χ1) is 12.7. The number of piperazine rings is 1. The maximum atomic E-state index is 12.5. The minimum atomic E-state index is -0.491. The van der Waals surface area contributed by atoms with E-state index in [2.05, 4.69) is 21.9 Å². The quantitative estimate of drug-likeness (QED) is 0.743. The normalized spacial score (nSPS) is 18.2. The van der Waals surface area contributed by atoms with Crippen molar-refractivity contribution in [2.24, 2.45) is 0 Å². The molecule has 8 nitrogen and oxygen atoms in total. The summed E-state index contributed by atoms with van der Waals surface area (Å²) in [5.74, 6) is 0.785. The molecule has 1 aliphatic heterocycles. The van der Waals surface area contributed by atoms with Gasteiger partial charge in [0, 0.05) is 31.2 Å². The second-order valence-corrected chi connectivity index (χ2v) is 8.53. The van der Waals surface area contributed by atoms with Crippen molar-refractivity contribution in [3.63, 3.8) is 0 Å². The highest BCUT2D eigenvalue weighted by atomic mass is 32.2. The lowest BCUT2D eigenvalue weighted by Gasteiger charge is -2.41. The van der Waals surface area contributed by atoms with Crippen LogP contribution in [0.3, 0.4) is 0 Å². The number of rotatable bonds is 3. The van der Waals surface area contributed by atoms with Crippen molar-refractivity contribution >= 4 is 29.5 Å². The standard InChI is InChI=1S/C18H28N6O2S/c1-7-13-11-22(17(25)26-18(3,4)5)8-9-23(13)16-21-15(27-6)20-14-12(2)10-19-24(14)16/h10,13H,7-9,11H2,1-6H3/t13-/m0/s1. The van der Waals surface area contributed by atoms with Gasteiger partial charge in [-0.3, -0.25) is 0 Å². The number of carbonyl (C=O) groups excluding carboxylic acids is 1. The summed E-state index contributed by atoms with van der Waals surface area (Å²) in [6, 6.07) is 0.142. The summed E-state index contributed by atoms with van der Waals surface area (Å²) in [5, 5.41) is 5.20. The average molecular weight is 393 g/mol. The fourth-order valence-corrected chi connectivity index (χ4v) is 3.54. The zero-order chi connectivity index (χ0) is 19.8. The Morgan fingerprint density at radius 2 is 2.07 bits per heavy atom. The van der Waals surface area contributed by atoms with Gasteiger partial charge >= 0.3 is 6.09 Å². The molecule has 1 amide bonds. The zero-order valence-corrected chi connectivity index (χ0v) is 17.7. The average Bonchev–Trinajstić information content (AvgIpc) is 3.00. The number of anilines is 1. The highest BCUT2D eigenvalue weighted by Gasteiger charge is 2.33. The Morgan fingerprint density at radius 1 is 1.33 bits per heavy atom. The van der Waals surface area contributed by atoms with Crippen molar-refractivity contribution in [1.82, 2.24) is 24.5 Å². The first-order valence-electron chi connectivity index (χ1n) is 9.24. The molecule has 2 aromatic rings. The lowest BCUT2D eigenvalue weighted by Crippen LogP contribution is -2.56. The molecule has 1 saturated heterocycles. The Labute approximate surface area is 164 Å². The number of amides is 1. The minimum Gasteiger partial charge on any atom is -0.444 e. The molecule has 0 radical (unpaired) electrons. The van der Waals surface area contributed by atoms with Gasteiger partial charge in [0.15, 0.2) is 10.8 Å². The molecule has 0 bridgehead atoms. The fraction of sp³-hybridized carbons (Fsp3) is 0.667. The van der Waals surface area contributed by atoms with Crippen molar-refractivity contribution in [3.05, 3.63) is 11.8 Å². The molecule has 0 aliphatic carbocycles. The van der Waals surface area contributed by atoms with Gasteiger partial charge in [0.25, 0.3) is 0 Å². The zero-order valence-electron chi connectivity index (χ0n) is 16.9. The Kier molecular flexibility index (Phi) is 5.50. The largest absolute Gasteiger partial charge is 0.444 e. The van der Waals surface area contributed by atoms with Gasteiger partial charge in [0.2, 0.25) is 5.95 Å². The third kappa shape index (κ3) is 4.12. The molecular formula is C18H28N6O2S. The molecule has 3 rings (SSSR count). The Balaban J connectivity index is 1.88. The van der Waals surface area contributed by atoms with E-state index in [1.807, 2.05) is 40.1 Å². The predicted octanol–water partition coefficient (Wildman–Crippen LogP) is 2.99. The topological polar surface area (TPSA) is 75.9 Å². The van der Waals surface area contributed by atoms with Crippen LogP contribution in [-0.4, -0.2) is 68.1 Å². The van der Waals surface area contributed by atoms with Crippen molar-refractivity contribution in [3.8, 4) is 0 Å². The SMILES string of the molecule is CC[C@H]1CN(C(=O)OC(C)(C)C)CCN1c1nc(SC)nc2c(C)cnn12. The predicted molar refractivity (Wildman–Crippen MR) is 107 cm³/mol. The van der Waals surface area contributed by atoms with Gasteiger partial charge in [-0.2, -0.15) is 14.6 Å². The first-order valence-corrected chi connectivity index (χ1v) is 10.5. The van der Waals surface area contributed by atoms with E-state index in [-0.39, 0.29) is 12.1 Å². The number of fused-ring (bicyclic) bond motifs is 1. The second kappa shape index (κ2) is 7.53. The summed E-state index contributed by atoms with van der Waals surface area (Å²) in [6.45, 7) is 11.7. The van der Waals surface area contributed by atoms with Gasteiger partial charge in [-0.05, 0) is 40.4 Å². The highest BCUT2D eigenvalue weighted by molar-refractivity contribution is 7.98. The van der Waals surface area contributed by atoms with Crippen LogP contribution in [0.1, 0.15) is 39.7 Å². The molecule has 1 atom stereocenters. The molecular weight excluding hydrogens is 364 g/mol. The van der Waals surface area contributed by atoms with E-state index in [1.54, 1.807) is 9.42 Å². The lowest BCUT2D eigenvalue weighted by atomic mass is 10.1. The first kappa shape index (κ1) is 19.7. The van der Waals surface area contributed by atoms with Gasteiger partial charge in [0.05, 0.1) is 6.20 Å². The maximum Gasteiger partial charge on any atom is 0.410 e. The summed E-state index contributed by atoms with van der Waals surface area (Å²) < 4.78 is 7.35. The van der Waals surface area contributed by atoms with Gasteiger partial charge in [-0.15, -0.1) is 0 Å². The van der Waals surface area contributed by atoms with E-state index < -0.39 is 5.60 Å². The second-order valence-electron chi connectivity index (χ2n) is 7.76. The fourth-order valence-electron chi connectivity index (χ4n) is 3.19. The van der Waals surface area contributed by atoms with Crippen LogP contribution in [0.2, 0.25) is 0 Å². The number of aryl methyl sites for hydroxylation is 1. The molecule has 148 valence electrons. The summed E-state index contributed by atoms with van der Waals surface area (Å²) in [7, 11) is 0. The van der Waals surface area contributed by atoms with E-state index in [0.29, 0.717) is 19.6 Å². The maximum absolute atomic E-state index is 12.5. The van der Waals surface area contributed by atoms with Gasteiger partial charge in [0.1, 0.15) is 5.60 Å². The third-order valence-corrected chi connectivity index (χ3v) is 5.10. The number of aromatic nitrogens is 4. The van der Waals surface area contributed by atoms with E-state index in [1.165, 1.54) is 11.8 Å². The Bertz CT molecular complexity index is 831. The molecule has 3 heterocycles. The van der Waals surface area contributed by atoms with Crippen molar-refractivity contribution in [2.75, 3.05) is 30.8 Å². The summed E-state index contributed by atoms with van der Waals surface area (Å²) in [5.41, 5.74) is 1.36. The number of thioether (sulfide) groups is 1. The Morgan fingerprint density at radius 3 is 2.70 bits per heavy atom.